The average Bonchev–Trinajstić information content (AvgIpc) is 2.79. The van der Waals surface area contributed by atoms with E-state index in [1.165, 1.54) is 5.56 Å². The van der Waals surface area contributed by atoms with Crippen LogP contribution in [-0.4, -0.2) is 60.1 Å². The van der Waals surface area contributed by atoms with E-state index in [0.717, 1.165) is 37.6 Å². The van der Waals surface area contributed by atoms with E-state index in [-0.39, 0.29) is 11.8 Å². The third kappa shape index (κ3) is 8.91. The molecule has 1 aliphatic heterocycles. The number of nitrogens with zero attached hydrogens (tertiary/aromatic N) is 2. The Kier molecular flexibility index (Phi) is 9.68. The Balaban J connectivity index is 1.23. The van der Waals surface area contributed by atoms with Crippen molar-refractivity contribution >= 4 is 35.2 Å². The minimum atomic E-state index is -0.190. The van der Waals surface area contributed by atoms with Crippen LogP contribution in [0, 0.1) is 0 Å². The number of halogens is 1. The maximum atomic E-state index is 12.0. The van der Waals surface area contributed by atoms with E-state index >= 15 is 0 Å². The largest absolute Gasteiger partial charge is 0.300 e. The fourth-order valence-electron chi connectivity index (χ4n) is 3.33. The molecule has 0 radical (unpaired) electrons. The summed E-state index contributed by atoms with van der Waals surface area (Å²) in [5.41, 5.74) is 6.35. The van der Waals surface area contributed by atoms with Gasteiger partial charge < -0.3 is 4.90 Å². The van der Waals surface area contributed by atoms with E-state index in [4.69, 9.17) is 11.6 Å². The van der Waals surface area contributed by atoms with Gasteiger partial charge in [0.25, 0.3) is 0 Å². The van der Waals surface area contributed by atoms with Crippen molar-refractivity contribution < 1.29 is 9.59 Å². The predicted molar refractivity (Wildman–Crippen MR) is 126 cm³/mol. The van der Waals surface area contributed by atoms with E-state index in [9.17, 15) is 9.59 Å². The van der Waals surface area contributed by atoms with Crippen LogP contribution in [-0.2, 0) is 16.1 Å². The molecule has 1 heterocycles. The summed E-state index contributed by atoms with van der Waals surface area (Å²) in [6.45, 7) is 5.57. The number of amides is 2. The van der Waals surface area contributed by atoms with Gasteiger partial charge in [-0.2, -0.15) is 0 Å². The van der Waals surface area contributed by atoms with Gasteiger partial charge in [-0.05, 0) is 29.8 Å². The number of hydrazine groups is 1. The van der Waals surface area contributed by atoms with Crippen LogP contribution in [0.25, 0.3) is 0 Å². The van der Waals surface area contributed by atoms with Gasteiger partial charge >= 0.3 is 0 Å². The highest BCUT2D eigenvalue weighted by atomic mass is 35.5. The number of hydrogen-bond donors (Lipinski definition) is 2. The second kappa shape index (κ2) is 12.7. The van der Waals surface area contributed by atoms with E-state index in [1.807, 2.05) is 30.3 Å². The Morgan fingerprint density at radius 2 is 1.45 bits per heavy atom. The molecule has 8 heteroatoms. The summed E-state index contributed by atoms with van der Waals surface area (Å²) in [5.74, 6) is 0.283. The standard InChI is InChI=1S/C23H29ClN4O2S/c24-20-6-8-21(9-7-20)31-17-11-23(30)26-25-22(29)10-12-27-13-15-28(16-14-27)18-19-4-2-1-3-5-19/h1-9H,10-18H2,(H,25,29)(H,26,30). The molecule has 0 bridgehead atoms. The van der Waals surface area contributed by atoms with E-state index < -0.39 is 0 Å². The van der Waals surface area contributed by atoms with E-state index in [2.05, 4.69) is 44.9 Å². The molecule has 31 heavy (non-hydrogen) atoms. The monoisotopic (exact) mass is 460 g/mol. The average molecular weight is 461 g/mol. The Hall–Kier alpha value is -2.06. The lowest BCUT2D eigenvalue weighted by Gasteiger charge is -2.34. The van der Waals surface area contributed by atoms with Gasteiger partial charge in [0.15, 0.2) is 0 Å². The molecule has 3 rings (SSSR count). The molecule has 0 aromatic heterocycles. The van der Waals surface area contributed by atoms with Gasteiger partial charge in [0.1, 0.15) is 0 Å². The zero-order chi connectivity index (χ0) is 21.9. The molecule has 1 aliphatic rings. The summed E-state index contributed by atoms with van der Waals surface area (Å²) >= 11 is 7.44. The van der Waals surface area contributed by atoms with Crippen molar-refractivity contribution in [1.82, 2.24) is 20.7 Å². The highest BCUT2D eigenvalue weighted by molar-refractivity contribution is 7.99. The van der Waals surface area contributed by atoms with Crippen LogP contribution in [0.15, 0.2) is 59.5 Å². The predicted octanol–water partition coefficient (Wildman–Crippen LogP) is 3.18. The first kappa shape index (κ1) is 23.6. The molecule has 2 aromatic rings. The van der Waals surface area contributed by atoms with Gasteiger partial charge in [-0.15, -0.1) is 11.8 Å². The maximum absolute atomic E-state index is 12.0. The van der Waals surface area contributed by atoms with Crippen molar-refractivity contribution in [3.05, 3.63) is 65.2 Å². The molecule has 0 unspecified atom stereocenters. The molecule has 2 aromatic carbocycles. The Morgan fingerprint density at radius 3 is 2.13 bits per heavy atom. The quantitative estimate of drug-likeness (QED) is 0.444. The van der Waals surface area contributed by atoms with E-state index in [0.29, 0.717) is 30.2 Å². The third-order valence-corrected chi connectivity index (χ3v) is 6.39. The van der Waals surface area contributed by atoms with Gasteiger partial charge in [-0.25, -0.2) is 0 Å². The second-order valence-electron chi connectivity index (χ2n) is 7.50. The molecular formula is C23H29ClN4O2S. The van der Waals surface area contributed by atoms with Crippen molar-refractivity contribution in [2.45, 2.75) is 24.3 Å². The van der Waals surface area contributed by atoms with Crippen LogP contribution in [0.1, 0.15) is 18.4 Å². The van der Waals surface area contributed by atoms with Gasteiger partial charge in [0.2, 0.25) is 11.8 Å². The molecule has 0 aliphatic carbocycles. The first-order chi connectivity index (χ1) is 15.1. The van der Waals surface area contributed by atoms with Gasteiger partial charge in [-0.3, -0.25) is 25.3 Å². The molecule has 0 atom stereocenters. The van der Waals surface area contributed by atoms with Crippen LogP contribution in [0.3, 0.4) is 0 Å². The molecular weight excluding hydrogens is 432 g/mol. The van der Waals surface area contributed by atoms with Crippen LogP contribution in [0.5, 0.6) is 0 Å². The van der Waals surface area contributed by atoms with Gasteiger partial charge in [0, 0.05) is 67.8 Å². The van der Waals surface area contributed by atoms with Crippen LogP contribution in [0.2, 0.25) is 5.02 Å². The molecule has 1 fully saturated rings. The molecule has 0 saturated carbocycles. The highest BCUT2D eigenvalue weighted by Gasteiger charge is 2.17. The fourth-order valence-corrected chi connectivity index (χ4v) is 4.31. The van der Waals surface area contributed by atoms with Crippen molar-refractivity contribution in [1.29, 1.82) is 0 Å². The Labute approximate surface area is 193 Å². The smallest absolute Gasteiger partial charge is 0.239 e. The molecule has 2 N–H and O–H groups in total. The number of rotatable bonds is 9. The third-order valence-electron chi connectivity index (χ3n) is 5.12. The van der Waals surface area contributed by atoms with Gasteiger partial charge in [0.05, 0.1) is 0 Å². The number of nitrogens with one attached hydrogen (secondary N) is 2. The summed E-state index contributed by atoms with van der Waals surface area (Å²) in [4.78, 5) is 29.7. The minimum absolute atomic E-state index is 0.162. The lowest BCUT2D eigenvalue weighted by Crippen LogP contribution is -2.47. The number of benzene rings is 2. The first-order valence-electron chi connectivity index (χ1n) is 10.5. The Morgan fingerprint density at radius 1 is 0.839 bits per heavy atom. The van der Waals surface area contributed by atoms with Crippen LogP contribution >= 0.6 is 23.4 Å². The summed E-state index contributed by atoms with van der Waals surface area (Å²) in [6.07, 6.45) is 0.704. The van der Waals surface area contributed by atoms with Gasteiger partial charge in [-0.1, -0.05) is 41.9 Å². The number of hydrogen-bond acceptors (Lipinski definition) is 5. The minimum Gasteiger partial charge on any atom is -0.300 e. The molecule has 1 saturated heterocycles. The van der Waals surface area contributed by atoms with Crippen molar-refractivity contribution in [2.75, 3.05) is 38.5 Å². The van der Waals surface area contributed by atoms with Crippen LogP contribution in [0.4, 0.5) is 0 Å². The number of carbonyl (C=O) groups is 2. The summed E-state index contributed by atoms with van der Waals surface area (Å²) in [6, 6.07) is 18.0. The number of piperazine rings is 1. The molecule has 6 nitrogen and oxygen atoms in total. The SMILES string of the molecule is O=C(CCSc1ccc(Cl)cc1)NNC(=O)CCN1CCN(Cc2ccccc2)CC1. The zero-order valence-corrected chi connectivity index (χ0v) is 19.1. The molecule has 2 amide bonds. The topological polar surface area (TPSA) is 64.7 Å². The molecule has 0 spiro atoms. The van der Waals surface area contributed by atoms with E-state index in [1.54, 1.807) is 11.8 Å². The van der Waals surface area contributed by atoms with Crippen molar-refractivity contribution in [3.63, 3.8) is 0 Å². The summed E-state index contributed by atoms with van der Waals surface area (Å²) < 4.78 is 0. The first-order valence-corrected chi connectivity index (χ1v) is 11.9. The van der Waals surface area contributed by atoms with Crippen molar-refractivity contribution in [2.24, 2.45) is 0 Å². The number of carbonyl (C=O) groups excluding carboxylic acids is 2. The highest BCUT2D eigenvalue weighted by Crippen LogP contribution is 2.20. The van der Waals surface area contributed by atoms with Crippen molar-refractivity contribution in [3.8, 4) is 0 Å². The second-order valence-corrected chi connectivity index (χ2v) is 9.11. The van der Waals surface area contributed by atoms with Crippen LogP contribution < -0.4 is 10.9 Å². The zero-order valence-electron chi connectivity index (χ0n) is 17.6. The summed E-state index contributed by atoms with van der Waals surface area (Å²) in [5, 5.41) is 0.693. The Bertz CT molecular complexity index is 827. The fraction of sp³-hybridized carbons (Fsp3) is 0.391. The summed E-state index contributed by atoms with van der Waals surface area (Å²) in [7, 11) is 0. The lowest BCUT2D eigenvalue weighted by atomic mass is 10.2. The molecule has 166 valence electrons. The maximum Gasteiger partial charge on any atom is 0.239 e. The normalized spacial score (nSPS) is 14.9. The number of thioether (sulfide) groups is 1. The lowest BCUT2D eigenvalue weighted by molar-refractivity contribution is -0.128.